The van der Waals surface area contributed by atoms with Gasteiger partial charge in [0.05, 0.1) is 0 Å². The van der Waals surface area contributed by atoms with Crippen molar-refractivity contribution >= 4 is 0 Å². The van der Waals surface area contributed by atoms with Crippen molar-refractivity contribution in [2.45, 2.75) is 53.1 Å². The molecule has 0 aliphatic carbocycles. The van der Waals surface area contributed by atoms with E-state index < -0.39 is 0 Å². The quantitative estimate of drug-likeness (QED) is 0.769. The maximum atomic E-state index is 5.95. The van der Waals surface area contributed by atoms with E-state index in [1.807, 2.05) is 0 Å². The summed E-state index contributed by atoms with van der Waals surface area (Å²) in [7, 11) is 0. The fourth-order valence-electron chi connectivity index (χ4n) is 1.84. The summed E-state index contributed by atoms with van der Waals surface area (Å²) in [6, 6.07) is 4.42. The Kier molecular flexibility index (Phi) is 4.72. The average Bonchev–Trinajstić information content (AvgIpc) is 2.22. The van der Waals surface area contributed by atoms with Crippen molar-refractivity contribution in [2.75, 3.05) is 6.54 Å². The van der Waals surface area contributed by atoms with Crippen LogP contribution < -0.4 is 11.1 Å². The predicted octanol–water partition coefficient (Wildman–Crippen LogP) is 2.83. The minimum Gasteiger partial charge on any atom is -0.326 e. The van der Waals surface area contributed by atoms with E-state index in [2.05, 4.69) is 52.1 Å². The molecule has 0 aliphatic rings. The molecule has 96 valence electrons. The van der Waals surface area contributed by atoms with Crippen molar-refractivity contribution in [3.05, 3.63) is 34.4 Å². The molecule has 0 radical (unpaired) electrons. The molecular weight excluding hydrogens is 208 g/mol. The van der Waals surface area contributed by atoms with Gasteiger partial charge in [0.2, 0.25) is 0 Å². The molecule has 0 fully saturated rings. The summed E-state index contributed by atoms with van der Waals surface area (Å²) in [6.45, 7) is 12.6. The minimum atomic E-state index is -0.0781. The van der Waals surface area contributed by atoms with Crippen molar-refractivity contribution in [1.82, 2.24) is 5.32 Å². The van der Waals surface area contributed by atoms with Crippen LogP contribution in [0.1, 0.15) is 42.5 Å². The van der Waals surface area contributed by atoms with Gasteiger partial charge < -0.3 is 11.1 Å². The molecule has 3 N–H and O–H groups in total. The second kappa shape index (κ2) is 5.65. The summed E-state index contributed by atoms with van der Waals surface area (Å²) in [5.74, 6) is 0. The zero-order chi connectivity index (χ0) is 13.1. The van der Waals surface area contributed by atoms with E-state index in [0.29, 0.717) is 0 Å². The third kappa shape index (κ3) is 4.49. The maximum Gasteiger partial charge on any atom is 0.0208 e. The summed E-state index contributed by atoms with van der Waals surface area (Å²) in [6.07, 6.45) is 0.997. The van der Waals surface area contributed by atoms with Crippen LogP contribution in [-0.4, -0.2) is 12.1 Å². The Morgan fingerprint density at radius 1 is 1.12 bits per heavy atom. The predicted molar refractivity (Wildman–Crippen MR) is 75.2 cm³/mol. The van der Waals surface area contributed by atoms with E-state index >= 15 is 0 Å². The summed E-state index contributed by atoms with van der Waals surface area (Å²) < 4.78 is 0. The Labute approximate surface area is 106 Å². The van der Waals surface area contributed by atoms with E-state index in [9.17, 15) is 0 Å². The van der Waals surface area contributed by atoms with Gasteiger partial charge in [-0.15, -0.1) is 0 Å². The smallest absolute Gasteiger partial charge is 0.0208 e. The molecule has 0 atom stereocenters. The van der Waals surface area contributed by atoms with Crippen LogP contribution >= 0.6 is 0 Å². The Balaban J connectivity index is 2.51. The zero-order valence-corrected chi connectivity index (χ0v) is 11.9. The summed E-state index contributed by atoms with van der Waals surface area (Å²) in [5, 5.41) is 3.47. The van der Waals surface area contributed by atoms with Crippen molar-refractivity contribution in [3.8, 4) is 0 Å². The van der Waals surface area contributed by atoms with Gasteiger partial charge in [-0.1, -0.05) is 12.1 Å². The standard InChI is InChI=1S/C15H26N2/c1-11-6-7-14(13(3)12(11)2)10-17-9-8-15(4,5)16/h6-7,17H,8-10,16H2,1-5H3. The van der Waals surface area contributed by atoms with E-state index in [4.69, 9.17) is 5.73 Å². The number of aryl methyl sites for hydroxylation is 1. The second-order valence-electron chi connectivity index (χ2n) is 5.71. The zero-order valence-electron chi connectivity index (χ0n) is 11.9. The van der Waals surface area contributed by atoms with Crippen molar-refractivity contribution < 1.29 is 0 Å². The van der Waals surface area contributed by atoms with Crippen LogP contribution in [0.3, 0.4) is 0 Å². The summed E-state index contributed by atoms with van der Waals surface area (Å²) in [4.78, 5) is 0. The van der Waals surface area contributed by atoms with Gasteiger partial charge in [0.25, 0.3) is 0 Å². The molecule has 1 rings (SSSR count). The first-order chi connectivity index (χ1) is 7.81. The molecule has 0 saturated heterocycles. The number of rotatable bonds is 5. The highest BCUT2D eigenvalue weighted by molar-refractivity contribution is 5.38. The SMILES string of the molecule is Cc1ccc(CNCCC(C)(C)N)c(C)c1C. The van der Waals surface area contributed by atoms with Crippen LogP contribution in [0, 0.1) is 20.8 Å². The van der Waals surface area contributed by atoms with Crippen molar-refractivity contribution in [2.24, 2.45) is 5.73 Å². The van der Waals surface area contributed by atoms with Gasteiger partial charge in [0.15, 0.2) is 0 Å². The fourth-order valence-corrected chi connectivity index (χ4v) is 1.84. The number of hydrogen-bond acceptors (Lipinski definition) is 2. The molecule has 2 heteroatoms. The lowest BCUT2D eigenvalue weighted by molar-refractivity contribution is 0.455. The van der Waals surface area contributed by atoms with Gasteiger partial charge in [0, 0.05) is 12.1 Å². The Bertz CT molecular complexity index is 375. The van der Waals surface area contributed by atoms with E-state index in [-0.39, 0.29) is 5.54 Å². The van der Waals surface area contributed by atoms with Crippen LogP contribution in [0.4, 0.5) is 0 Å². The lowest BCUT2D eigenvalue weighted by Gasteiger charge is -2.19. The lowest BCUT2D eigenvalue weighted by Crippen LogP contribution is -2.35. The average molecular weight is 234 g/mol. The molecule has 0 aliphatic heterocycles. The molecule has 2 nitrogen and oxygen atoms in total. The maximum absolute atomic E-state index is 5.95. The molecule has 0 aromatic heterocycles. The molecule has 1 aromatic rings. The molecule has 0 heterocycles. The van der Waals surface area contributed by atoms with Gasteiger partial charge in [-0.3, -0.25) is 0 Å². The van der Waals surface area contributed by atoms with E-state index in [1.54, 1.807) is 0 Å². The van der Waals surface area contributed by atoms with Crippen LogP contribution in [0.5, 0.6) is 0 Å². The molecule has 0 spiro atoms. The van der Waals surface area contributed by atoms with Gasteiger partial charge in [-0.2, -0.15) is 0 Å². The second-order valence-corrected chi connectivity index (χ2v) is 5.71. The van der Waals surface area contributed by atoms with Gasteiger partial charge >= 0.3 is 0 Å². The number of nitrogens with one attached hydrogen (secondary N) is 1. The summed E-state index contributed by atoms with van der Waals surface area (Å²) >= 11 is 0. The van der Waals surface area contributed by atoms with Crippen LogP contribution in [-0.2, 0) is 6.54 Å². The molecule has 0 amide bonds. The minimum absolute atomic E-state index is 0.0781. The Morgan fingerprint density at radius 2 is 1.76 bits per heavy atom. The Morgan fingerprint density at radius 3 is 2.35 bits per heavy atom. The van der Waals surface area contributed by atoms with Crippen molar-refractivity contribution in [3.63, 3.8) is 0 Å². The third-order valence-electron chi connectivity index (χ3n) is 3.43. The monoisotopic (exact) mass is 234 g/mol. The van der Waals surface area contributed by atoms with Crippen molar-refractivity contribution in [1.29, 1.82) is 0 Å². The first-order valence-electron chi connectivity index (χ1n) is 6.36. The van der Waals surface area contributed by atoms with E-state index in [1.165, 1.54) is 22.3 Å². The van der Waals surface area contributed by atoms with Gasteiger partial charge in [-0.25, -0.2) is 0 Å². The highest BCUT2D eigenvalue weighted by Crippen LogP contribution is 2.16. The first-order valence-corrected chi connectivity index (χ1v) is 6.36. The number of benzene rings is 1. The highest BCUT2D eigenvalue weighted by Gasteiger charge is 2.09. The number of nitrogens with two attached hydrogens (primary N) is 1. The lowest BCUT2D eigenvalue weighted by atomic mass is 9.98. The van der Waals surface area contributed by atoms with Gasteiger partial charge in [0.1, 0.15) is 0 Å². The van der Waals surface area contributed by atoms with Crippen LogP contribution in [0.15, 0.2) is 12.1 Å². The fraction of sp³-hybridized carbons (Fsp3) is 0.600. The topological polar surface area (TPSA) is 38.0 Å². The molecule has 17 heavy (non-hydrogen) atoms. The molecule has 0 bridgehead atoms. The number of hydrogen-bond donors (Lipinski definition) is 2. The van der Waals surface area contributed by atoms with Crippen LogP contribution in [0.25, 0.3) is 0 Å². The highest BCUT2D eigenvalue weighted by atomic mass is 14.9. The molecule has 0 saturated carbocycles. The van der Waals surface area contributed by atoms with Gasteiger partial charge in [-0.05, 0) is 69.8 Å². The molecule has 0 unspecified atom stereocenters. The summed E-state index contributed by atoms with van der Waals surface area (Å²) in [5.41, 5.74) is 11.4. The first kappa shape index (κ1) is 14.2. The third-order valence-corrected chi connectivity index (χ3v) is 3.43. The van der Waals surface area contributed by atoms with Crippen LogP contribution in [0.2, 0.25) is 0 Å². The van der Waals surface area contributed by atoms with E-state index in [0.717, 1.165) is 19.5 Å². The Hall–Kier alpha value is -0.860. The molecule has 1 aromatic carbocycles. The molecular formula is C15H26N2. The normalized spacial score (nSPS) is 11.9. The largest absolute Gasteiger partial charge is 0.326 e.